The molecule has 0 spiro atoms. The van der Waals surface area contributed by atoms with Crippen LogP contribution in [0, 0.1) is 5.82 Å². The molecule has 1 rings (SSSR count). The van der Waals surface area contributed by atoms with Gasteiger partial charge in [-0.1, -0.05) is 11.6 Å². The first kappa shape index (κ1) is 12.0. The highest BCUT2D eigenvalue weighted by molar-refractivity contribution is 6.31. The molecule has 0 bridgehead atoms. The molecule has 2 N–H and O–H groups in total. The molecular weight excluding hydrogens is 225 g/mol. The van der Waals surface area contributed by atoms with E-state index in [4.69, 9.17) is 16.3 Å². The van der Waals surface area contributed by atoms with Crippen LogP contribution in [0.1, 0.15) is 5.56 Å². The van der Waals surface area contributed by atoms with Crippen LogP contribution < -0.4 is 10.2 Å². The van der Waals surface area contributed by atoms with E-state index in [0.717, 1.165) is 0 Å². The first-order valence-corrected chi connectivity index (χ1v) is 4.49. The normalized spacial score (nSPS) is 10.4. The van der Waals surface area contributed by atoms with Crippen LogP contribution in [0.15, 0.2) is 6.07 Å². The number of hydrogen-bond acceptors (Lipinski definition) is 4. The second-order valence-corrected chi connectivity index (χ2v) is 3.15. The van der Waals surface area contributed by atoms with Crippen LogP contribution in [0.3, 0.4) is 0 Å². The van der Waals surface area contributed by atoms with E-state index >= 15 is 0 Å². The highest BCUT2D eigenvalue weighted by Crippen LogP contribution is 2.36. The lowest BCUT2D eigenvalue weighted by Gasteiger charge is -2.11. The minimum atomic E-state index is -0.780. The summed E-state index contributed by atoms with van der Waals surface area (Å²) in [7, 11) is 2.68. The molecule has 4 nitrogen and oxygen atoms in total. The van der Waals surface area contributed by atoms with Gasteiger partial charge in [-0.3, -0.25) is 0 Å². The lowest BCUT2D eigenvalue weighted by atomic mass is 10.2. The Hall–Kier alpha value is -1.04. The second-order valence-electron chi connectivity index (χ2n) is 2.74. The van der Waals surface area contributed by atoms with Gasteiger partial charge in [0, 0.05) is 12.1 Å². The van der Waals surface area contributed by atoms with Crippen LogP contribution in [-0.2, 0) is 11.4 Å². The largest absolute Gasteiger partial charge is 0.504 e. The molecule has 0 aliphatic rings. The number of hydrogen-bond donors (Lipinski definition) is 2. The maximum atomic E-state index is 13.3. The summed E-state index contributed by atoms with van der Waals surface area (Å²) < 4.78 is 18.0. The van der Waals surface area contributed by atoms with E-state index in [0.29, 0.717) is 5.56 Å². The van der Waals surface area contributed by atoms with Gasteiger partial charge in [0.1, 0.15) is 0 Å². The van der Waals surface area contributed by atoms with Crippen LogP contribution in [0.4, 0.5) is 4.39 Å². The Balaban J connectivity index is 3.12. The van der Waals surface area contributed by atoms with Crippen LogP contribution in [0.5, 0.6) is 11.5 Å². The predicted molar refractivity (Wildman–Crippen MR) is 53.5 cm³/mol. The fourth-order valence-electron chi connectivity index (χ4n) is 1.11. The number of rotatable bonds is 4. The van der Waals surface area contributed by atoms with Crippen molar-refractivity contribution in [1.29, 1.82) is 0 Å². The van der Waals surface area contributed by atoms with E-state index in [2.05, 4.69) is 10.3 Å². The van der Waals surface area contributed by atoms with Crippen molar-refractivity contribution in [3.63, 3.8) is 0 Å². The highest BCUT2D eigenvalue weighted by atomic mass is 35.5. The fourth-order valence-corrected chi connectivity index (χ4v) is 1.33. The molecule has 0 saturated heterocycles. The van der Waals surface area contributed by atoms with Crippen molar-refractivity contribution < 1.29 is 19.1 Å². The average Bonchev–Trinajstić information content (AvgIpc) is 2.22. The summed E-state index contributed by atoms with van der Waals surface area (Å²) in [5.41, 5.74) is 2.90. The number of methoxy groups -OCH3 is 1. The Morgan fingerprint density at radius 2 is 2.20 bits per heavy atom. The van der Waals surface area contributed by atoms with Gasteiger partial charge in [0.25, 0.3) is 0 Å². The van der Waals surface area contributed by atoms with E-state index in [9.17, 15) is 9.50 Å². The van der Waals surface area contributed by atoms with E-state index in [-0.39, 0.29) is 23.1 Å². The van der Waals surface area contributed by atoms with Crippen molar-refractivity contribution in [2.45, 2.75) is 6.54 Å². The first-order valence-electron chi connectivity index (χ1n) is 4.11. The molecule has 0 amide bonds. The number of hydroxylamine groups is 1. The lowest BCUT2D eigenvalue weighted by Crippen LogP contribution is -2.11. The minimum Gasteiger partial charge on any atom is -0.504 e. The Kier molecular flexibility index (Phi) is 4.14. The minimum absolute atomic E-state index is 0.113. The van der Waals surface area contributed by atoms with Crippen LogP contribution in [0.25, 0.3) is 0 Å². The molecule has 84 valence electrons. The van der Waals surface area contributed by atoms with Gasteiger partial charge in [0.15, 0.2) is 17.3 Å². The van der Waals surface area contributed by atoms with Gasteiger partial charge >= 0.3 is 0 Å². The third-order valence-corrected chi connectivity index (χ3v) is 2.12. The Bertz CT molecular complexity index is 360. The van der Waals surface area contributed by atoms with Gasteiger partial charge in [-0.15, -0.1) is 0 Å². The van der Waals surface area contributed by atoms with Gasteiger partial charge in [-0.25, -0.2) is 4.39 Å². The summed E-state index contributed by atoms with van der Waals surface area (Å²) in [6.07, 6.45) is 0. The molecular formula is C9H11ClFNO3. The monoisotopic (exact) mass is 235 g/mol. The SMILES string of the molecule is CONCc1cc(Cl)c(F)c(OC)c1O. The molecule has 6 heteroatoms. The molecule has 15 heavy (non-hydrogen) atoms. The summed E-state index contributed by atoms with van der Waals surface area (Å²) in [6.45, 7) is 0.193. The zero-order valence-electron chi connectivity index (χ0n) is 8.30. The van der Waals surface area contributed by atoms with Gasteiger partial charge in [0.2, 0.25) is 0 Å². The number of ether oxygens (including phenoxy) is 1. The molecule has 1 aromatic carbocycles. The van der Waals surface area contributed by atoms with Crippen molar-refractivity contribution in [3.05, 3.63) is 22.5 Å². The van der Waals surface area contributed by atoms with Crippen molar-refractivity contribution in [2.24, 2.45) is 0 Å². The van der Waals surface area contributed by atoms with Crippen LogP contribution in [0.2, 0.25) is 5.02 Å². The summed E-state index contributed by atoms with van der Waals surface area (Å²) >= 11 is 5.61. The van der Waals surface area contributed by atoms with Gasteiger partial charge in [-0.05, 0) is 6.07 Å². The highest BCUT2D eigenvalue weighted by Gasteiger charge is 2.17. The van der Waals surface area contributed by atoms with E-state index in [1.165, 1.54) is 20.3 Å². The van der Waals surface area contributed by atoms with Gasteiger partial charge in [0.05, 0.1) is 19.2 Å². The van der Waals surface area contributed by atoms with Crippen molar-refractivity contribution in [1.82, 2.24) is 5.48 Å². The molecule has 0 aliphatic carbocycles. The zero-order valence-corrected chi connectivity index (χ0v) is 9.06. The van der Waals surface area contributed by atoms with E-state index in [1.54, 1.807) is 0 Å². The quantitative estimate of drug-likeness (QED) is 0.782. The Morgan fingerprint density at radius 1 is 1.53 bits per heavy atom. The topological polar surface area (TPSA) is 50.7 Å². The summed E-state index contributed by atoms with van der Waals surface area (Å²) in [4.78, 5) is 4.61. The lowest BCUT2D eigenvalue weighted by molar-refractivity contribution is 0.0860. The standard InChI is InChI=1S/C9H11ClFNO3/c1-14-9-7(11)6(10)3-5(8(9)13)4-12-15-2/h3,12-13H,4H2,1-2H3. The number of halogens is 2. The number of phenolic OH excluding ortho intramolecular Hbond substituents is 1. The molecule has 0 aliphatic heterocycles. The fraction of sp³-hybridized carbons (Fsp3) is 0.333. The molecule has 1 aromatic rings. The van der Waals surface area contributed by atoms with Crippen LogP contribution in [-0.4, -0.2) is 19.3 Å². The maximum absolute atomic E-state index is 13.3. The molecule has 0 fully saturated rings. The molecule has 0 saturated carbocycles. The van der Waals surface area contributed by atoms with Gasteiger partial charge < -0.3 is 14.7 Å². The Morgan fingerprint density at radius 3 is 2.73 bits per heavy atom. The van der Waals surface area contributed by atoms with Crippen LogP contribution >= 0.6 is 11.6 Å². The van der Waals surface area contributed by atoms with Crippen molar-refractivity contribution in [3.8, 4) is 11.5 Å². The zero-order chi connectivity index (χ0) is 11.4. The molecule has 0 unspecified atom stereocenters. The first-order chi connectivity index (χ1) is 7.11. The predicted octanol–water partition coefficient (Wildman–Crippen LogP) is 1.84. The molecule has 0 heterocycles. The number of aromatic hydroxyl groups is 1. The third-order valence-electron chi connectivity index (χ3n) is 1.84. The van der Waals surface area contributed by atoms with Crippen molar-refractivity contribution >= 4 is 11.6 Å². The third kappa shape index (κ3) is 2.50. The number of phenols is 1. The number of nitrogens with one attached hydrogen (secondary N) is 1. The van der Waals surface area contributed by atoms with Crippen molar-refractivity contribution in [2.75, 3.05) is 14.2 Å². The summed E-state index contributed by atoms with van der Waals surface area (Å²) in [6, 6.07) is 1.31. The smallest absolute Gasteiger partial charge is 0.198 e. The maximum Gasteiger partial charge on any atom is 0.198 e. The molecule has 0 aromatic heterocycles. The summed E-state index contributed by atoms with van der Waals surface area (Å²) in [5.74, 6) is -1.34. The molecule has 0 radical (unpaired) electrons. The number of benzene rings is 1. The van der Waals surface area contributed by atoms with E-state index in [1.807, 2.05) is 0 Å². The second kappa shape index (κ2) is 5.16. The average molecular weight is 236 g/mol. The Labute approximate surface area is 91.5 Å². The van der Waals surface area contributed by atoms with Gasteiger partial charge in [-0.2, -0.15) is 5.48 Å². The summed E-state index contributed by atoms with van der Waals surface area (Å²) in [5, 5.41) is 9.49. The van der Waals surface area contributed by atoms with E-state index < -0.39 is 5.82 Å². The molecule has 0 atom stereocenters.